The number of carbonyl (C=O) groups is 1. The topological polar surface area (TPSA) is 92.9 Å². The van der Waals surface area contributed by atoms with Gasteiger partial charge in [-0.25, -0.2) is 9.47 Å². The van der Waals surface area contributed by atoms with E-state index >= 15 is 0 Å². The van der Waals surface area contributed by atoms with Crippen molar-refractivity contribution < 1.29 is 28.5 Å². The summed E-state index contributed by atoms with van der Waals surface area (Å²) in [7, 11) is 4.71. The van der Waals surface area contributed by atoms with Crippen molar-refractivity contribution in [3.63, 3.8) is 0 Å². The Morgan fingerprint density at radius 1 is 1.03 bits per heavy atom. The molecule has 1 heterocycles. The summed E-state index contributed by atoms with van der Waals surface area (Å²) in [6.07, 6.45) is 2.56. The van der Waals surface area contributed by atoms with Crippen molar-refractivity contribution >= 4 is 23.7 Å². The fraction of sp³-hybridized carbons (Fsp3) is 0.296. The van der Waals surface area contributed by atoms with Crippen LogP contribution in [0.2, 0.25) is 0 Å². The summed E-state index contributed by atoms with van der Waals surface area (Å²) >= 11 is 1.44. The largest absolute Gasteiger partial charge is 0.514 e. The van der Waals surface area contributed by atoms with Crippen molar-refractivity contribution in [3.05, 3.63) is 64.8 Å². The maximum Gasteiger partial charge on any atom is 0.514 e. The van der Waals surface area contributed by atoms with E-state index in [4.69, 9.17) is 28.8 Å². The Bertz CT molecular complexity index is 1350. The molecule has 0 amide bonds. The molecule has 10 heteroatoms. The molecule has 0 bridgehead atoms. The molecule has 3 rings (SSSR count). The van der Waals surface area contributed by atoms with Gasteiger partial charge in [-0.15, -0.1) is 17.9 Å². The molecule has 0 aliphatic carbocycles. The van der Waals surface area contributed by atoms with E-state index in [1.165, 1.54) is 18.4 Å². The van der Waals surface area contributed by atoms with Gasteiger partial charge in [0.15, 0.2) is 11.5 Å². The molecular formula is C27H31N3O6S. The third-order valence-corrected chi connectivity index (χ3v) is 5.67. The molecule has 1 aromatic heterocycles. The lowest BCUT2D eigenvalue weighted by Gasteiger charge is -2.19. The van der Waals surface area contributed by atoms with E-state index in [0.717, 1.165) is 11.3 Å². The van der Waals surface area contributed by atoms with E-state index in [2.05, 4.69) is 11.6 Å². The van der Waals surface area contributed by atoms with Crippen molar-refractivity contribution in [3.8, 4) is 34.3 Å². The minimum Gasteiger partial charge on any atom is -0.497 e. The zero-order chi connectivity index (χ0) is 27.0. The highest BCUT2D eigenvalue weighted by Crippen LogP contribution is 2.34. The van der Waals surface area contributed by atoms with Gasteiger partial charge in [0.1, 0.15) is 17.1 Å². The van der Waals surface area contributed by atoms with Gasteiger partial charge in [-0.3, -0.25) is 4.99 Å². The molecule has 0 aliphatic heterocycles. The molecule has 0 radical (unpaired) electrons. The Hall–Kier alpha value is -4.05. The van der Waals surface area contributed by atoms with Crippen LogP contribution in [-0.4, -0.2) is 50.5 Å². The van der Waals surface area contributed by atoms with E-state index in [0.29, 0.717) is 34.2 Å². The van der Waals surface area contributed by atoms with Crippen molar-refractivity contribution in [1.29, 1.82) is 0 Å². The number of ether oxygens (including phenoxy) is 5. The monoisotopic (exact) mass is 525 g/mol. The van der Waals surface area contributed by atoms with Crippen LogP contribution in [0.3, 0.4) is 0 Å². The van der Waals surface area contributed by atoms with Gasteiger partial charge in [-0.1, -0.05) is 6.08 Å². The lowest BCUT2D eigenvalue weighted by molar-refractivity contribution is 0.0201. The number of thiazole rings is 1. The van der Waals surface area contributed by atoms with Gasteiger partial charge >= 0.3 is 6.16 Å². The predicted octanol–water partition coefficient (Wildman–Crippen LogP) is 5.53. The van der Waals surface area contributed by atoms with Crippen LogP contribution in [-0.2, 0) is 4.74 Å². The first-order chi connectivity index (χ1) is 17.7. The van der Waals surface area contributed by atoms with E-state index in [1.54, 1.807) is 70.2 Å². The number of rotatable bonds is 9. The van der Waals surface area contributed by atoms with Crippen LogP contribution in [0.4, 0.5) is 4.79 Å². The highest BCUT2D eigenvalue weighted by molar-refractivity contribution is 7.07. The Labute approximate surface area is 220 Å². The number of benzene rings is 2. The Morgan fingerprint density at radius 2 is 1.76 bits per heavy atom. The first-order valence-electron chi connectivity index (χ1n) is 11.4. The molecule has 0 unspecified atom stereocenters. The molecule has 0 saturated carbocycles. The zero-order valence-corrected chi connectivity index (χ0v) is 22.6. The third-order valence-electron chi connectivity index (χ3n) is 4.82. The van der Waals surface area contributed by atoms with Gasteiger partial charge in [-0.2, -0.15) is 5.10 Å². The molecule has 3 aromatic rings. The number of hydrogen-bond acceptors (Lipinski definition) is 9. The second kappa shape index (κ2) is 12.3. The third kappa shape index (κ3) is 7.23. The first-order valence-corrected chi connectivity index (χ1v) is 12.2. The average Bonchev–Trinajstić information content (AvgIpc) is 3.27. The van der Waals surface area contributed by atoms with Gasteiger partial charge in [0, 0.05) is 10.9 Å². The second-order valence-electron chi connectivity index (χ2n) is 8.63. The van der Waals surface area contributed by atoms with Crippen LogP contribution < -0.4 is 23.7 Å². The van der Waals surface area contributed by atoms with Gasteiger partial charge in [-0.05, 0) is 62.7 Å². The SMILES string of the molecule is C=CCN=c1scc(-c2cc(OC)ccc2OC)n1N=Cc1ccc(OC(=O)OC(C)(C)C)c(OC)c1. The smallest absolute Gasteiger partial charge is 0.497 e. The average molecular weight is 526 g/mol. The van der Waals surface area contributed by atoms with Crippen molar-refractivity contribution in [2.24, 2.45) is 10.1 Å². The summed E-state index contributed by atoms with van der Waals surface area (Å²) in [5.41, 5.74) is 1.61. The predicted molar refractivity (Wildman–Crippen MR) is 144 cm³/mol. The minimum atomic E-state index is -0.814. The van der Waals surface area contributed by atoms with Gasteiger partial charge in [0.05, 0.1) is 39.8 Å². The van der Waals surface area contributed by atoms with Crippen LogP contribution in [0.1, 0.15) is 26.3 Å². The number of nitrogens with zero attached hydrogens (tertiary/aromatic N) is 3. The summed E-state index contributed by atoms with van der Waals surface area (Å²) in [6, 6.07) is 10.6. The van der Waals surface area contributed by atoms with E-state index in [9.17, 15) is 4.79 Å². The van der Waals surface area contributed by atoms with Gasteiger partial charge in [0.25, 0.3) is 0 Å². The lowest BCUT2D eigenvalue weighted by Crippen LogP contribution is -2.26. The van der Waals surface area contributed by atoms with Crippen LogP contribution in [0.25, 0.3) is 11.3 Å². The van der Waals surface area contributed by atoms with Gasteiger partial charge in [0.2, 0.25) is 4.80 Å². The molecular weight excluding hydrogens is 494 g/mol. The fourth-order valence-corrected chi connectivity index (χ4v) is 4.03. The number of aromatic nitrogens is 1. The second-order valence-corrected chi connectivity index (χ2v) is 9.47. The first kappa shape index (κ1) is 27.5. The Kier molecular flexibility index (Phi) is 9.13. The molecule has 0 atom stereocenters. The molecule has 37 heavy (non-hydrogen) atoms. The normalized spacial score (nSPS) is 11.9. The number of hydrogen-bond donors (Lipinski definition) is 0. The van der Waals surface area contributed by atoms with Crippen molar-refractivity contribution in [1.82, 2.24) is 4.68 Å². The highest BCUT2D eigenvalue weighted by atomic mass is 32.1. The van der Waals surface area contributed by atoms with Crippen LogP contribution in [0, 0.1) is 0 Å². The van der Waals surface area contributed by atoms with E-state index in [-0.39, 0.29) is 5.75 Å². The minimum absolute atomic E-state index is 0.237. The Balaban J connectivity index is 2.00. The molecule has 0 aliphatic rings. The van der Waals surface area contributed by atoms with Crippen LogP contribution in [0.15, 0.2) is 64.5 Å². The number of carbonyl (C=O) groups excluding carboxylic acids is 1. The summed E-state index contributed by atoms with van der Waals surface area (Å²) in [5.74, 6) is 1.95. The fourth-order valence-electron chi connectivity index (χ4n) is 3.20. The van der Waals surface area contributed by atoms with E-state index < -0.39 is 11.8 Å². The van der Waals surface area contributed by atoms with Crippen molar-refractivity contribution in [2.75, 3.05) is 27.9 Å². The van der Waals surface area contributed by atoms with E-state index in [1.807, 2.05) is 23.6 Å². The van der Waals surface area contributed by atoms with Crippen molar-refractivity contribution in [2.45, 2.75) is 26.4 Å². The van der Waals surface area contributed by atoms with Gasteiger partial charge < -0.3 is 23.7 Å². The summed E-state index contributed by atoms with van der Waals surface area (Å²) < 4.78 is 28.7. The maximum absolute atomic E-state index is 12.1. The molecule has 0 spiro atoms. The summed E-state index contributed by atoms with van der Waals surface area (Å²) in [4.78, 5) is 17.3. The number of methoxy groups -OCH3 is 3. The molecule has 2 aromatic carbocycles. The molecule has 0 fully saturated rings. The summed E-state index contributed by atoms with van der Waals surface area (Å²) in [5, 5.41) is 6.65. The Morgan fingerprint density at radius 3 is 2.41 bits per heavy atom. The lowest BCUT2D eigenvalue weighted by atomic mass is 10.1. The van der Waals surface area contributed by atoms with Crippen LogP contribution in [0.5, 0.6) is 23.0 Å². The molecule has 196 valence electrons. The molecule has 0 saturated heterocycles. The molecule has 0 N–H and O–H groups in total. The summed E-state index contributed by atoms with van der Waals surface area (Å²) in [6.45, 7) is 9.48. The van der Waals surface area contributed by atoms with Crippen LogP contribution >= 0.6 is 11.3 Å². The highest BCUT2D eigenvalue weighted by Gasteiger charge is 2.20. The quantitative estimate of drug-likeness (QED) is 0.158. The zero-order valence-electron chi connectivity index (χ0n) is 21.8. The standard InChI is InChI=1S/C27H31N3O6S/c1-8-13-28-25-30(21(17-37-25)20-15-19(32-5)10-12-22(20)33-6)29-16-18-9-11-23(24(14-18)34-7)35-26(31)36-27(2,3)4/h8-12,14-17H,1,13H2,2-7H3. The molecule has 9 nitrogen and oxygen atoms in total. The maximum atomic E-state index is 12.1.